The van der Waals surface area contributed by atoms with Crippen LogP contribution in [0.15, 0.2) is 0 Å². The summed E-state index contributed by atoms with van der Waals surface area (Å²) >= 11 is 10.7. The van der Waals surface area contributed by atoms with Gasteiger partial charge in [0, 0.05) is 0 Å². The van der Waals surface area contributed by atoms with Gasteiger partial charge in [-0.25, -0.2) is 22.0 Å². The molecule has 3 nitrogen and oxygen atoms in total. The summed E-state index contributed by atoms with van der Waals surface area (Å²) in [6.07, 6.45) is 0. The molecule has 0 spiro atoms. The Balaban J connectivity index is 2.82. The van der Waals surface area contributed by atoms with E-state index in [9.17, 15) is 22.0 Å². The van der Waals surface area contributed by atoms with Crippen molar-refractivity contribution >= 4 is 23.2 Å². The predicted molar refractivity (Wildman–Crippen MR) is 55.1 cm³/mol. The lowest BCUT2D eigenvalue weighted by Crippen LogP contribution is -2.06. The summed E-state index contributed by atoms with van der Waals surface area (Å²) in [5, 5.41) is -1.11. The van der Waals surface area contributed by atoms with Crippen molar-refractivity contribution in [3.8, 4) is 11.4 Å². The Labute approximate surface area is 112 Å². The minimum atomic E-state index is -2.29. The van der Waals surface area contributed by atoms with Crippen molar-refractivity contribution in [1.29, 1.82) is 0 Å². The zero-order chi connectivity index (χ0) is 14.3. The number of benzene rings is 1. The number of rotatable bonds is 1. The van der Waals surface area contributed by atoms with Crippen molar-refractivity contribution in [3.05, 3.63) is 39.7 Å². The van der Waals surface area contributed by atoms with E-state index in [4.69, 9.17) is 23.2 Å². The van der Waals surface area contributed by atoms with Crippen molar-refractivity contribution in [2.75, 3.05) is 0 Å². The Hall–Kier alpha value is -1.54. The first kappa shape index (κ1) is 13.9. The number of hydrogen-bond acceptors (Lipinski definition) is 3. The number of hydrogen-bond donors (Lipinski definition) is 0. The maximum atomic E-state index is 13.4. The summed E-state index contributed by atoms with van der Waals surface area (Å²) in [5.74, 6) is -11.6. The molecule has 100 valence electrons. The zero-order valence-electron chi connectivity index (χ0n) is 8.49. The molecule has 0 unspecified atom stereocenters. The Kier molecular flexibility index (Phi) is 3.55. The first-order valence-corrected chi connectivity index (χ1v) is 5.17. The smallest absolute Gasteiger partial charge is 0.203 e. The van der Waals surface area contributed by atoms with Crippen molar-refractivity contribution in [3.63, 3.8) is 0 Å². The average molecular weight is 316 g/mol. The topological polar surface area (TPSA) is 38.7 Å². The minimum absolute atomic E-state index is 0.557. The van der Waals surface area contributed by atoms with Gasteiger partial charge in [-0.05, 0) is 23.2 Å². The Bertz CT molecular complexity index is 630. The molecule has 0 N–H and O–H groups in total. The van der Waals surface area contributed by atoms with Crippen LogP contribution < -0.4 is 0 Å². The molecule has 2 aromatic rings. The van der Waals surface area contributed by atoms with Crippen LogP contribution in [0.5, 0.6) is 0 Å². The van der Waals surface area contributed by atoms with Gasteiger partial charge < -0.3 is 0 Å². The molecule has 0 aliphatic rings. The fraction of sp³-hybridized carbons (Fsp3) is 0. The van der Waals surface area contributed by atoms with Crippen LogP contribution in [-0.4, -0.2) is 15.0 Å². The highest BCUT2D eigenvalue weighted by Crippen LogP contribution is 2.30. The van der Waals surface area contributed by atoms with Crippen LogP contribution in [0.2, 0.25) is 10.6 Å². The van der Waals surface area contributed by atoms with Crippen LogP contribution in [0.1, 0.15) is 0 Å². The van der Waals surface area contributed by atoms with Crippen LogP contribution in [0.4, 0.5) is 22.0 Å². The van der Waals surface area contributed by atoms with Crippen LogP contribution in [-0.2, 0) is 0 Å². The number of nitrogens with zero attached hydrogens (tertiary/aromatic N) is 3. The van der Waals surface area contributed by atoms with Crippen molar-refractivity contribution in [2.45, 2.75) is 0 Å². The molecule has 0 aliphatic carbocycles. The second kappa shape index (κ2) is 4.86. The molecule has 2 rings (SSSR count). The molecule has 0 aliphatic heterocycles. The van der Waals surface area contributed by atoms with Gasteiger partial charge in [-0.2, -0.15) is 15.0 Å². The second-order valence-electron chi connectivity index (χ2n) is 3.14. The monoisotopic (exact) mass is 315 g/mol. The van der Waals surface area contributed by atoms with Gasteiger partial charge in [0.25, 0.3) is 0 Å². The first-order chi connectivity index (χ1) is 8.82. The van der Waals surface area contributed by atoms with E-state index in [-0.39, 0.29) is 0 Å². The third-order valence-electron chi connectivity index (χ3n) is 2.01. The third-order valence-corrected chi connectivity index (χ3v) is 2.35. The summed E-state index contributed by atoms with van der Waals surface area (Å²) in [6.45, 7) is 0. The predicted octanol–water partition coefficient (Wildman–Crippen LogP) is 3.54. The molecule has 0 fully saturated rings. The highest BCUT2D eigenvalue weighted by molar-refractivity contribution is 6.31. The molecular formula is C9Cl2F5N3. The highest BCUT2D eigenvalue weighted by Gasteiger charge is 2.28. The maximum absolute atomic E-state index is 13.4. The summed E-state index contributed by atoms with van der Waals surface area (Å²) < 4.78 is 65.7. The second-order valence-corrected chi connectivity index (χ2v) is 3.82. The fourth-order valence-electron chi connectivity index (χ4n) is 1.24. The summed E-state index contributed by atoms with van der Waals surface area (Å²) in [7, 11) is 0. The van der Waals surface area contributed by atoms with E-state index in [0.717, 1.165) is 0 Å². The first-order valence-electron chi connectivity index (χ1n) is 4.41. The number of aromatic nitrogens is 3. The number of halogens is 7. The molecule has 0 radical (unpaired) electrons. The summed E-state index contributed by atoms with van der Waals surface area (Å²) in [5.41, 5.74) is -1.33. The lowest BCUT2D eigenvalue weighted by Gasteiger charge is -2.07. The van der Waals surface area contributed by atoms with Gasteiger partial charge in [0.1, 0.15) is 0 Å². The van der Waals surface area contributed by atoms with E-state index in [1.165, 1.54) is 0 Å². The molecule has 0 saturated carbocycles. The largest absolute Gasteiger partial charge is 0.227 e. The van der Waals surface area contributed by atoms with Crippen LogP contribution in [0, 0.1) is 29.1 Å². The van der Waals surface area contributed by atoms with Crippen LogP contribution in [0.3, 0.4) is 0 Å². The quantitative estimate of drug-likeness (QED) is 0.459. The van der Waals surface area contributed by atoms with Crippen LogP contribution in [0.25, 0.3) is 11.4 Å². The Morgan fingerprint density at radius 3 is 1.37 bits per heavy atom. The molecular weight excluding hydrogens is 316 g/mol. The average Bonchev–Trinajstić information content (AvgIpc) is 2.33. The van der Waals surface area contributed by atoms with E-state index < -0.39 is 51.0 Å². The maximum Gasteiger partial charge on any atom is 0.227 e. The van der Waals surface area contributed by atoms with Gasteiger partial charge in [-0.1, -0.05) is 0 Å². The molecule has 1 aromatic carbocycles. The van der Waals surface area contributed by atoms with Crippen molar-refractivity contribution in [1.82, 2.24) is 15.0 Å². The van der Waals surface area contributed by atoms with Gasteiger partial charge in [-0.15, -0.1) is 0 Å². The van der Waals surface area contributed by atoms with Gasteiger partial charge >= 0.3 is 0 Å². The van der Waals surface area contributed by atoms with Gasteiger partial charge in [0.2, 0.25) is 16.4 Å². The standard InChI is InChI=1S/C9Cl2F5N3/c10-8-17-7(18-9(11)19-8)1-2(12)4(14)6(16)5(15)3(1)13. The van der Waals surface area contributed by atoms with Gasteiger partial charge in [0.15, 0.2) is 29.1 Å². The fourth-order valence-corrected chi connectivity index (χ4v) is 1.60. The molecule has 10 heteroatoms. The normalized spacial score (nSPS) is 10.9. The van der Waals surface area contributed by atoms with E-state index in [1.54, 1.807) is 0 Å². The molecule has 1 heterocycles. The van der Waals surface area contributed by atoms with Crippen LogP contribution >= 0.6 is 23.2 Å². The van der Waals surface area contributed by atoms with E-state index >= 15 is 0 Å². The van der Waals surface area contributed by atoms with E-state index in [0.29, 0.717) is 0 Å². The highest BCUT2D eigenvalue weighted by atomic mass is 35.5. The molecule has 1 aromatic heterocycles. The minimum Gasteiger partial charge on any atom is -0.203 e. The van der Waals surface area contributed by atoms with E-state index in [1.807, 2.05) is 0 Å². The summed E-state index contributed by atoms with van der Waals surface area (Å²) in [6, 6.07) is 0. The molecule has 0 bridgehead atoms. The SMILES string of the molecule is Fc1c(F)c(F)c(-c2nc(Cl)nc(Cl)n2)c(F)c1F. The van der Waals surface area contributed by atoms with Gasteiger partial charge in [0.05, 0.1) is 5.56 Å². The lowest BCUT2D eigenvalue weighted by molar-refractivity contribution is 0.380. The third kappa shape index (κ3) is 2.33. The zero-order valence-corrected chi connectivity index (χ0v) is 10.00. The summed E-state index contributed by atoms with van der Waals surface area (Å²) in [4.78, 5) is 9.81. The lowest BCUT2D eigenvalue weighted by atomic mass is 10.1. The molecule has 19 heavy (non-hydrogen) atoms. The van der Waals surface area contributed by atoms with Crippen molar-refractivity contribution in [2.24, 2.45) is 0 Å². The molecule has 0 amide bonds. The van der Waals surface area contributed by atoms with Crippen molar-refractivity contribution < 1.29 is 22.0 Å². The molecule has 0 atom stereocenters. The Morgan fingerprint density at radius 1 is 0.579 bits per heavy atom. The van der Waals surface area contributed by atoms with Gasteiger partial charge in [-0.3, -0.25) is 0 Å². The van der Waals surface area contributed by atoms with E-state index in [2.05, 4.69) is 15.0 Å². The Morgan fingerprint density at radius 2 is 0.947 bits per heavy atom. The molecule has 0 saturated heterocycles.